The molecule has 1 aliphatic rings. The number of nitrogens with zero attached hydrogens (tertiary/aromatic N) is 3. The average molecular weight is 426 g/mol. The molecule has 1 fully saturated rings. The second-order valence-electron chi connectivity index (χ2n) is 7.29. The molecule has 0 aliphatic carbocycles. The molecular formula is C19H28ClN5O4. The van der Waals surface area contributed by atoms with Gasteiger partial charge in [-0.15, -0.1) is 12.4 Å². The number of carbonyl (C=O) groups is 2. The number of halogens is 1. The van der Waals surface area contributed by atoms with Crippen LogP contribution in [0.25, 0.3) is 11.0 Å². The first-order chi connectivity index (χ1) is 13.4. The molecule has 0 unspecified atom stereocenters. The lowest BCUT2D eigenvalue weighted by molar-refractivity contribution is -0.120. The molecule has 1 aliphatic heterocycles. The fourth-order valence-corrected chi connectivity index (χ4v) is 3.45. The standard InChI is InChI=1S/C19H27N5O4.ClH/c1-13(2)16(17(20)25)21-18(26)24-15-6-4-3-5-14(15)23(19(24)27)8-7-22-9-11-28-12-10-22;/h3-6,13,16H,7-12H2,1-2H3,(H2,20,25)(H,21,26);1H/t16-;/m0./s1. The smallest absolute Gasteiger partial charge is 0.337 e. The molecule has 3 N–H and O–H groups in total. The Hall–Kier alpha value is -2.36. The molecule has 0 radical (unpaired) electrons. The molecule has 1 aromatic carbocycles. The number of ether oxygens (including phenoxy) is 1. The van der Waals surface area contributed by atoms with Gasteiger partial charge in [-0.3, -0.25) is 14.3 Å². The summed E-state index contributed by atoms with van der Waals surface area (Å²) < 4.78 is 8.02. The van der Waals surface area contributed by atoms with E-state index in [1.807, 2.05) is 12.1 Å². The molecule has 29 heavy (non-hydrogen) atoms. The average Bonchev–Trinajstić information content (AvgIpc) is 2.96. The van der Waals surface area contributed by atoms with Gasteiger partial charge in [0.15, 0.2) is 0 Å². The number of amides is 2. The van der Waals surface area contributed by atoms with Crippen LogP contribution in [0, 0.1) is 5.92 Å². The molecule has 160 valence electrons. The van der Waals surface area contributed by atoms with Crippen molar-refractivity contribution in [3.63, 3.8) is 0 Å². The molecule has 1 saturated heterocycles. The molecule has 3 rings (SSSR count). The first-order valence-electron chi connectivity index (χ1n) is 9.50. The first kappa shape index (κ1) is 22.9. The molecule has 0 spiro atoms. The summed E-state index contributed by atoms with van der Waals surface area (Å²) in [5.41, 5.74) is 6.13. The van der Waals surface area contributed by atoms with Crippen LogP contribution < -0.4 is 16.7 Å². The van der Waals surface area contributed by atoms with Crippen molar-refractivity contribution < 1.29 is 14.3 Å². The molecule has 2 heterocycles. The van der Waals surface area contributed by atoms with Crippen LogP contribution in [0.2, 0.25) is 0 Å². The second-order valence-corrected chi connectivity index (χ2v) is 7.29. The number of hydrogen-bond donors (Lipinski definition) is 2. The Balaban J connectivity index is 0.00000300. The summed E-state index contributed by atoms with van der Waals surface area (Å²) in [4.78, 5) is 39.7. The van der Waals surface area contributed by atoms with Gasteiger partial charge < -0.3 is 15.8 Å². The highest BCUT2D eigenvalue weighted by Gasteiger charge is 2.25. The van der Waals surface area contributed by atoms with Crippen molar-refractivity contribution in [2.45, 2.75) is 26.4 Å². The van der Waals surface area contributed by atoms with Crippen LogP contribution in [0.15, 0.2) is 29.1 Å². The molecular weight excluding hydrogens is 398 g/mol. The lowest BCUT2D eigenvalue weighted by atomic mass is 10.0. The Bertz CT molecular complexity index is 917. The van der Waals surface area contributed by atoms with Gasteiger partial charge in [-0.05, 0) is 18.1 Å². The summed E-state index contributed by atoms with van der Waals surface area (Å²) in [6.45, 7) is 7.72. The third-order valence-corrected chi connectivity index (χ3v) is 5.03. The topological polar surface area (TPSA) is 112 Å². The van der Waals surface area contributed by atoms with Gasteiger partial charge in [-0.25, -0.2) is 14.2 Å². The third-order valence-electron chi connectivity index (χ3n) is 5.03. The zero-order valence-electron chi connectivity index (χ0n) is 16.7. The number of fused-ring (bicyclic) bond motifs is 1. The van der Waals surface area contributed by atoms with Crippen LogP contribution in [0.3, 0.4) is 0 Å². The minimum Gasteiger partial charge on any atom is -0.379 e. The fourth-order valence-electron chi connectivity index (χ4n) is 3.45. The molecule has 2 amide bonds. The molecule has 1 aromatic heterocycles. The van der Waals surface area contributed by atoms with Gasteiger partial charge in [0, 0.05) is 26.2 Å². The van der Waals surface area contributed by atoms with Crippen LogP contribution >= 0.6 is 12.4 Å². The van der Waals surface area contributed by atoms with Crippen LogP contribution in [0.5, 0.6) is 0 Å². The maximum Gasteiger partial charge on any atom is 0.337 e. The minimum atomic E-state index is -0.852. The molecule has 10 heteroatoms. The molecule has 0 saturated carbocycles. The number of nitrogens with two attached hydrogens (primary N) is 1. The quantitative estimate of drug-likeness (QED) is 0.704. The number of hydrogen-bond acceptors (Lipinski definition) is 5. The van der Waals surface area contributed by atoms with Gasteiger partial charge in [-0.1, -0.05) is 26.0 Å². The number of aromatic nitrogens is 2. The summed E-state index contributed by atoms with van der Waals surface area (Å²) in [5.74, 6) is -0.820. The normalized spacial score (nSPS) is 15.8. The highest BCUT2D eigenvalue weighted by Crippen LogP contribution is 2.13. The van der Waals surface area contributed by atoms with Gasteiger partial charge in [0.2, 0.25) is 5.91 Å². The summed E-state index contributed by atoms with van der Waals surface area (Å²) in [5, 5.41) is 2.59. The van der Waals surface area contributed by atoms with Gasteiger partial charge in [0.05, 0.1) is 24.2 Å². The largest absolute Gasteiger partial charge is 0.379 e. The number of primary amides is 1. The Morgan fingerprint density at radius 2 is 1.76 bits per heavy atom. The highest BCUT2D eigenvalue weighted by atomic mass is 35.5. The number of para-hydroxylation sites is 2. The van der Waals surface area contributed by atoms with Gasteiger partial charge in [0.1, 0.15) is 6.04 Å². The summed E-state index contributed by atoms with van der Waals surface area (Å²) in [6.07, 6.45) is 0. The Morgan fingerprint density at radius 3 is 2.34 bits per heavy atom. The number of nitrogens with one attached hydrogen (secondary N) is 1. The van der Waals surface area contributed by atoms with E-state index < -0.39 is 23.7 Å². The van der Waals surface area contributed by atoms with E-state index in [4.69, 9.17) is 10.5 Å². The van der Waals surface area contributed by atoms with Crippen LogP contribution in [-0.4, -0.2) is 64.9 Å². The second kappa shape index (κ2) is 9.91. The summed E-state index contributed by atoms with van der Waals surface area (Å²) in [6, 6.07) is 5.63. The van der Waals surface area contributed by atoms with E-state index in [1.54, 1.807) is 30.5 Å². The summed E-state index contributed by atoms with van der Waals surface area (Å²) >= 11 is 0. The van der Waals surface area contributed by atoms with E-state index in [1.165, 1.54) is 0 Å². The van der Waals surface area contributed by atoms with E-state index in [0.717, 1.165) is 17.7 Å². The van der Waals surface area contributed by atoms with E-state index in [9.17, 15) is 14.4 Å². The highest BCUT2D eigenvalue weighted by molar-refractivity contribution is 5.92. The van der Waals surface area contributed by atoms with Crippen LogP contribution in [-0.2, 0) is 16.1 Å². The number of morpholine rings is 1. The summed E-state index contributed by atoms with van der Waals surface area (Å²) in [7, 11) is 0. The Labute approximate surface area is 175 Å². The van der Waals surface area contributed by atoms with Crippen molar-refractivity contribution >= 4 is 35.4 Å². The predicted molar refractivity (Wildman–Crippen MR) is 112 cm³/mol. The fraction of sp³-hybridized carbons (Fsp3) is 0.526. The van der Waals surface area contributed by atoms with Crippen LogP contribution in [0.1, 0.15) is 13.8 Å². The van der Waals surface area contributed by atoms with Crippen molar-refractivity contribution in [3.05, 3.63) is 34.7 Å². The van der Waals surface area contributed by atoms with Crippen molar-refractivity contribution in [1.82, 2.24) is 19.4 Å². The molecule has 2 aromatic rings. The zero-order chi connectivity index (χ0) is 20.3. The van der Waals surface area contributed by atoms with Crippen molar-refractivity contribution in [3.8, 4) is 0 Å². The lowest BCUT2D eigenvalue weighted by Crippen LogP contribution is -2.50. The predicted octanol–water partition coefficient (Wildman–Crippen LogP) is 0.625. The Morgan fingerprint density at radius 1 is 1.14 bits per heavy atom. The first-order valence-corrected chi connectivity index (χ1v) is 9.50. The third kappa shape index (κ3) is 4.98. The van der Waals surface area contributed by atoms with Gasteiger partial charge in [-0.2, -0.15) is 0 Å². The lowest BCUT2D eigenvalue weighted by Gasteiger charge is -2.26. The maximum atomic E-state index is 13.0. The number of rotatable bonds is 6. The van der Waals surface area contributed by atoms with Crippen molar-refractivity contribution in [1.29, 1.82) is 0 Å². The van der Waals surface area contributed by atoms with Gasteiger partial charge >= 0.3 is 11.7 Å². The Kier molecular flexibility index (Phi) is 7.83. The number of imidazole rings is 1. The van der Waals surface area contributed by atoms with E-state index in [-0.39, 0.29) is 18.3 Å². The monoisotopic (exact) mass is 425 g/mol. The molecule has 0 bridgehead atoms. The SMILES string of the molecule is CC(C)[C@H](NC(=O)n1c(=O)n(CCN2CCOCC2)c2ccccc21)C(N)=O.Cl. The van der Waals surface area contributed by atoms with E-state index in [0.29, 0.717) is 37.3 Å². The van der Waals surface area contributed by atoms with E-state index in [2.05, 4.69) is 10.2 Å². The zero-order valence-corrected chi connectivity index (χ0v) is 17.5. The van der Waals surface area contributed by atoms with E-state index >= 15 is 0 Å². The maximum absolute atomic E-state index is 13.0. The van der Waals surface area contributed by atoms with Crippen molar-refractivity contribution in [2.24, 2.45) is 11.7 Å². The number of carbonyl (C=O) groups excluding carboxylic acids is 2. The van der Waals surface area contributed by atoms with Crippen LogP contribution in [0.4, 0.5) is 4.79 Å². The molecule has 9 nitrogen and oxygen atoms in total. The minimum absolute atomic E-state index is 0. The molecule has 1 atom stereocenters. The van der Waals surface area contributed by atoms with Crippen molar-refractivity contribution in [2.75, 3.05) is 32.8 Å². The number of benzene rings is 1. The van der Waals surface area contributed by atoms with Gasteiger partial charge in [0.25, 0.3) is 0 Å².